The normalized spacial score (nSPS) is 36.9. The summed E-state index contributed by atoms with van der Waals surface area (Å²) in [5.41, 5.74) is 0.345. The zero-order valence-electron chi connectivity index (χ0n) is 11.5. The first kappa shape index (κ1) is 11.9. The maximum Gasteiger partial charge on any atom is 0.0718 e. The highest BCUT2D eigenvalue weighted by molar-refractivity contribution is 4.96. The van der Waals surface area contributed by atoms with E-state index in [0.717, 1.165) is 18.7 Å². The molecule has 0 aliphatic carbocycles. The molecule has 0 spiro atoms. The first-order chi connectivity index (χ1) is 8.04. The van der Waals surface area contributed by atoms with Crippen molar-refractivity contribution in [3.8, 4) is 0 Å². The van der Waals surface area contributed by atoms with Gasteiger partial charge in [-0.25, -0.2) is 0 Å². The van der Waals surface area contributed by atoms with Crippen molar-refractivity contribution in [1.82, 2.24) is 9.80 Å². The number of hydrogen-bond donors (Lipinski definition) is 0. The van der Waals surface area contributed by atoms with E-state index in [4.69, 9.17) is 4.74 Å². The maximum absolute atomic E-state index is 5.70. The van der Waals surface area contributed by atoms with Gasteiger partial charge >= 0.3 is 0 Å². The van der Waals surface area contributed by atoms with Crippen molar-refractivity contribution >= 4 is 0 Å². The van der Waals surface area contributed by atoms with Crippen molar-refractivity contribution in [2.75, 3.05) is 26.2 Å². The highest BCUT2D eigenvalue weighted by atomic mass is 16.5. The number of nitrogens with zero attached hydrogens (tertiary/aromatic N) is 2. The summed E-state index contributed by atoms with van der Waals surface area (Å²) >= 11 is 0. The van der Waals surface area contributed by atoms with Crippen LogP contribution in [0.15, 0.2) is 0 Å². The Labute approximate surface area is 105 Å². The second kappa shape index (κ2) is 4.22. The van der Waals surface area contributed by atoms with E-state index >= 15 is 0 Å². The van der Waals surface area contributed by atoms with E-state index in [1.54, 1.807) is 0 Å². The fourth-order valence-electron chi connectivity index (χ4n) is 3.74. The minimum Gasteiger partial charge on any atom is -0.375 e. The lowest BCUT2D eigenvalue weighted by Gasteiger charge is -2.44. The molecule has 17 heavy (non-hydrogen) atoms. The molecule has 0 amide bonds. The van der Waals surface area contributed by atoms with Crippen LogP contribution in [-0.2, 0) is 4.74 Å². The Morgan fingerprint density at radius 1 is 1.06 bits per heavy atom. The van der Waals surface area contributed by atoms with Crippen LogP contribution in [0.25, 0.3) is 0 Å². The van der Waals surface area contributed by atoms with E-state index in [9.17, 15) is 0 Å². The van der Waals surface area contributed by atoms with Gasteiger partial charge in [0, 0.05) is 37.3 Å². The molecule has 0 unspecified atom stereocenters. The molecule has 3 saturated heterocycles. The quantitative estimate of drug-likeness (QED) is 0.692. The van der Waals surface area contributed by atoms with Gasteiger partial charge in [-0.1, -0.05) is 0 Å². The molecule has 3 heterocycles. The second-order valence-corrected chi connectivity index (χ2v) is 6.93. The highest BCUT2D eigenvalue weighted by Gasteiger charge is 2.43. The van der Waals surface area contributed by atoms with E-state index < -0.39 is 0 Å². The zero-order valence-corrected chi connectivity index (χ0v) is 11.5. The number of hydrogen-bond acceptors (Lipinski definition) is 3. The average molecular weight is 238 g/mol. The molecular weight excluding hydrogens is 212 g/mol. The third kappa shape index (κ3) is 2.25. The van der Waals surface area contributed by atoms with Crippen molar-refractivity contribution in [2.45, 2.75) is 63.8 Å². The summed E-state index contributed by atoms with van der Waals surface area (Å²) in [5, 5.41) is 0. The minimum atomic E-state index is 0.345. The van der Waals surface area contributed by atoms with Gasteiger partial charge in [0.05, 0.1) is 12.7 Å². The molecule has 0 aromatic carbocycles. The monoisotopic (exact) mass is 238 g/mol. The fraction of sp³-hybridized carbons (Fsp3) is 1.00. The van der Waals surface area contributed by atoms with Gasteiger partial charge in [0.1, 0.15) is 0 Å². The van der Waals surface area contributed by atoms with Gasteiger partial charge < -0.3 is 4.74 Å². The van der Waals surface area contributed by atoms with Crippen LogP contribution in [0.2, 0.25) is 0 Å². The van der Waals surface area contributed by atoms with E-state index in [0.29, 0.717) is 11.6 Å². The largest absolute Gasteiger partial charge is 0.375 e. The van der Waals surface area contributed by atoms with Crippen LogP contribution >= 0.6 is 0 Å². The second-order valence-electron chi connectivity index (χ2n) is 6.93. The third-order valence-corrected chi connectivity index (χ3v) is 4.82. The molecule has 0 aromatic heterocycles. The smallest absolute Gasteiger partial charge is 0.0718 e. The molecule has 3 rings (SSSR count). The maximum atomic E-state index is 5.70. The summed E-state index contributed by atoms with van der Waals surface area (Å²) in [6, 6.07) is 1.57. The fourth-order valence-corrected chi connectivity index (χ4v) is 3.74. The van der Waals surface area contributed by atoms with Crippen molar-refractivity contribution in [3.05, 3.63) is 0 Å². The van der Waals surface area contributed by atoms with E-state index in [1.165, 1.54) is 38.9 Å². The van der Waals surface area contributed by atoms with Gasteiger partial charge in [-0.2, -0.15) is 0 Å². The number of morpholine rings is 1. The average Bonchev–Trinajstić information content (AvgIpc) is 2.89. The lowest BCUT2D eigenvalue weighted by molar-refractivity contribution is -0.0121. The molecule has 2 bridgehead atoms. The zero-order chi connectivity index (χ0) is 12.0. The SMILES string of the molecule is CC(C)(C)N1CCC(N2C[C@H]3C[C@@H]2CO3)CC1. The molecule has 3 aliphatic rings. The molecule has 2 atom stereocenters. The van der Waals surface area contributed by atoms with Crippen LogP contribution < -0.4 is 0 Å². The standard InChI is InChI=1S/C14H26N2O/c1-14(2,3)15-6-4-11(5-7-15)16-9-13-8-12(16)10-17-13/h11-13H,4-10H2,1-3H3/t12-,13-/m1/s1. The summed E-state index contributed by atoms with van der Waals surface area (Å²) in [5.74, 6) is 0. The van der Waals surface area contributed by atoms with Crippen LogP contribution in [0.5, 0.6) is 0 Å². The predicted molar refractivity (Wildman–Crippen MR) is 69.2 cm³/mol. The Balaban J connectivity index is 1.55. The van der Waals surface area contributed by atoms with Crippen LogP contribution in [-0.4, -0.2) is 59.8 Å². The third-order valence-electron chi connectivity index (χ3n) is 4.82. The van der Waals surface area contributed by atoms with Gasteiger partial charge in [0.15, 0.2) is 0 Å². The van der Waals surface area contributed by atoms with Crippen LogP contribution in [0.3, 0.4) is 0 Å². The van der Waals surface area contributed by atoms with E-state index in [-0.39, 0.29) is 0 Å². The number of fused-ring (bicyclic) bond motifs is 2. The summed E-state index contributed by atoms with van der Waals surface area (Å²) in [6.07, 6.45) is 4.54. The molecule has 0 N–H and O–H groups in total. The molecule has 3 aliphatic heterocycles. The summed E-state index contributed by atoms with van der Waals surface area (Å²) in [4.78, 5) is 5.38. The van der Waals surface area contributed by atoms with Crippen LogP contribution in [0, 0.1) is 0 Å². The highest BCUT2D eigenvalue weighted by Crippen LogP contribution is 2.33. The molecule has 0 saturated carbocycles. The molecule has 3 fully saturated rings. The van der Waals surface area contributed by atoms with Crippen molar-refractivity contribution < 1.29 is 4.74 Å². The summed E-state index contributed by atoms with van der Waals surface area (Å²) in [6.45, 7) is 11.7. The van der Waals surface area contributed by atoms with Crippen LogP contribution in [0.4, 0.5) is 0 Å². The van der Waals surface area contributed by atoms with E-state index in [2.05, 4.69) is 30.6 Å². The van der Waals surface area contributed by atoms with Gasteiger partial charge in [-0.15, -0.1) is 0 Å². The molecule has 0 radical (unpaired) electrons. The van der Waals surface area contributed by atoms with Crippen LogP contribution in [0.1, 0.15) is 40.0 Å². The predicted octanol–water partition coefficient (Wildman–Crippen LogP) is 1.72. The minimum absolute atomic E-state index is 0.345. The molecule has 98 valence electrons. The Bertz CT molecular complexity index is 278. The Morgan fingerprint density at radius 2 is 1.76 bits per heavy atom. The number of rotatable bonds is 1. The number of ether oxygens (including phenoxy) is 1. The van der Waals surface area contributed by atoms with Crippen molar-refractivity contribution in [3.63, 3.8) is 0 Å². The lowest BCUT2D eigenvalue weighted by atomic mass is 9.96. The van der Waals surface area contributed by atoms with Gasteiger partial charge in [0.25, 0.3) is 0 Å². The van der Waals surface area contributed by atoms with Crippen molar-refractivity contribution in [1.29, 1.82) is 0 Å². The first-order valence-electron chi connectivity index (χ1n) is 7.16. The van der Waals surface area contributed by atoms with E-state index in [1.807, 2.05) is 0 Å². The summed E-state index contributed by atoms with van der Waals surface area (Å²) < 4.78 is 5.70. The Kier molecular flexibility index (Phi) is 2.96. The first-order valence-corrected chi connectivity index (χ1v) is 7.16. The van der Waals surface area contributed by atoms with Gasteiger partial charge in [-0.3, -0.25) is 9.80 Å². The summed E-state index contributed by atoms with van der Waals surface area (Å²) in [7, 11) is 0. The molecular formula is C14H26N2O. The topological polar surface area (TPSA) is 15.7 Å². The molecule has 0 aromatic rings. The molecule has 3 heteroatoms. The van der Waals surface area contributed by atoms with Gasteiger partial charge in [-0.05, 0) is 40.0 Å². The lowest BCUT2D eigenvalue weighted by Crippen LogP contribution is -2.53. The Morgan fingerprint density at radius 3 is 2.24 bits per heavy atom. The number of piperidine rings is 1. The van der Waals surface area contributed by atoms with Gasteiger partial charge in [0.2, 0.25) is 0 Å². The number of likely N-dealkylation sites (tertiary alicyclic amines) is 2. The van der Waals surface area contributed by atoms with Crippen molar-refractivity contribution in [2.24, 2.45) is 0 Å². The Hall–Kier alpha value is -0.120. The molecule has 3 nitrogen and oxygen atoms in total.